The van der Waals surface area contributed by atoms with Gasteiger partial charge in [0.25, 0.3) is 0 Å². The fourth-order valence-corrected chi connectivity index (χ4v) is 1.22. The molecule has 1 rings (SSSR count). The molecule has 0 saturated carbocycles. The average molecular weight is 210 g/mol. The molecule has 0 radical (unpaired) electrons. The summed E-state index contributed by atoms with van der Waals surface area (Å²) in [6.45, 7) is 5.10. The first kappa shape index (κ1) is 12.0. The second-order valence-electron chi connectivity index (χ2n) is 4.40. The molecule has 1 aromatic carbocycles. The lowest BCUT2D eigenvalue weighted by atomic mass is 10.1. The summed E-state index contributed by atoms with van der Waals surface area (Å²) in [5, 5.41) is 11.2. The summed E-state index contributed by atoms with van der Waals surface area (Å²) in [6.07, 6.45) is 0. The molecular weight excluding hydrogens is 190 g/mol. The van der Waals surface area contributed by atoms with Crippen LogP contribution in [0.3, 0.4) is 0 Å². The van der Waals surface area contributed by atoms with Crippen molar-refractivity contribution in [2.45, 2.75) is 25.9 Å². The van der Waals surface area contributed by atoms with Crippen molar-refractivity contribution in [1.29, 1.82) is 0 Å². The second kappa shape index (κ2) is 5.14. The van der Waals surface area contributed by atoms with Crippen molar-refractivity contribution < 1.29 is 15.2 Å². The molecule has 0 unspecified atom stereocenters. The van der Waals surface area contributed by atoms with Gasteiger partial charge < -0.3 is 15.2 Å². The number of ether oxygens (including phenoxy) is 1. The van der Waals surface area contributed by atoms with Crippen molar-refractivity contribution in [1.82, 2.24) is 0 Å². The number of quaternary nitrogens is 1. The lowest BCUT2D eigenvalue weighted by Crippen LogP contribution is -2.95. The van der Waals surface area contributed by atoms with E-state index in [-0.39, 0.29) is 12.1 Å². The van der Waals surface area contributed by atoms with Crippen LogP contribution in [0.5, 0.6) is 5.75 Å². The average Bonchev–Trinajstić information content (AvgIpc) is 2.27. The van der Waals surface area contributed by atoms with Crippen molar-refractivity contribution >= 4 is 0 Å². The van der Waals surface area contributed by atoms with Crippen LogP contribution in [-0.2, 0) is 6.54 Å². The molecular formula is C12H20NO2+. The summed E-state index contributed by atoms with van der Waals surface area (Å²) in [5.41, 5.74) is 1.12. The van der Waals surface area contributed by atoms with Gasteiger partial charge in [0.15, 0.2) is 0 Å². The quantitative estimate of drug-likeness (QED) is 0.744. The van der Waals surface area contributed by atoms with E-state index in [1.165, 1.54) is 5.56 Å². The molecule has 0 fully saturated rings. The minimum atomic E-state index is -0.111. The third-order valence-corrected chi connectivity index (χ3v) is 2.46. The summed E-state index contributed by atoms with van der Waals surface area (Å²) >= 11 is 0. The van der Waals surface area contributed by atoms with E-state index in [9.17, 15) is 0 Å². The highest BCUT2D eigenvalue weighted by molar-refractivity contribution is 5.26. The van der Waals surface area contributed by atoms with Crippen LogP contribution in [-0.4, -0.2) is 24.4 Å². The maximum Gasteiger partial charge on any atom is 0.118 e. The van der Waals surface area contributed by atoms with Crippen LogP contribution in [0.2, 0.25) is 0 Å². The minimum absolute atomic E-state index is 0.111. The van der Waals surface area contributed by atoms with Gasteiger partial charge in [-0.25, -0.2) is 0 Å². The van der Waals surface area contributed by atoms with E-state index in [2.05, 4.69) is 5.32 Å². The van der Waals surface area contributed by atoms with Gasteiger partial charge in [-0.2, -0.15) is 0 Å². The highest BCUT2D eigenvalue weighted by Gasteiger charge is 2.18. The maximum atomic E-state index is 9.10. The Balaban J connectivity index is 2.51. The second-order valence-corrected chi connectivity index (χ2v) is 4.40. The van der Waals surface area contributed by atoms with Gasteiger partial charge in [0.1, 0.15) is 17.8 Å². The Morgan fingerprint density at radius 1 is 1.27 bits per heavy atom. The summed E-state index contributed by atoms with van der Waals surface area (Å²) in [5.74, 6) is 0.875. The van der Waals surface area contributed by atoms with E-state index in [0.717, 1.165) is 12.3 Å². The molecule has 0 atom stereocenters. The van der Waals surface area contributed by atoms with Gasteiger partial charge in [0, 0.05) is 5.56 Å². The SMILES string of the molecule is COc1ccc(C[NH2+]C(C)(C)CO)cc1. The molecule has 0 aliphatic heterocycles. The summed E-state index contributed by atoms with van der Waals surface area (Å²) in [6, 6.07) is 8.00. The van der Waals surface area contributed by atoms with Crippen molar-refractivity contribution in [3.05, 3.63) is 29.8 Å². The molecule has 1 aromatic rings. The fraction of sp³-hybridized carbons (Fsp3) is 0.500. The van der Waals surface area contributed by atoms with E-state index >= 15 is 0 Å². The minimum Gasteiger partial charge on any atom is -0.497 e. The largest absolute Gasteiger partial charge is 0.497 e. The van der Waals surface area contributed by atoms with Crippen LogP contribution >= 0.6 is 0 Å². The first-order chi connectivity index (χ1) is 7.07. The molecule has 0 aliphatic rings. The smallest absolute Gasteiger partial charge is 0.118 e. The van der Waals surface area contributed by atoms with Gasteiger partial charge in [0.05, 0.1) is 13.7 Å². The summed E-state index contributed by atoms with van der Waals surface area (Å²) in [7, 11) is 1.66. The lowest BCUT2D eigenvalue weighted by Gasteiger charge is -2.19. The van der Waals surface area contributed by atoms with Crippen LogP contribution in [0.25, 0.3) is 0 Å². The molecule has 0 saturated heterocycles. The molecule has 0 spiro atoms. The van der Waals surface area contributed by atoms with Gasteiger partial charge in [-0.3, -0.25) is 0 Å². The first-order valence-electron chi connectivity index (χ1n) is 5.15. The Labute approximate surface area is 91.1 Å². The van der Waals surface area contributed by atoms with Crippen molar-refractivity contribution in [3.63, 3.8) is 0 Å². The zero-order chi connectivity index (χ0) is 11.3. The molecule has 0 bridgehead atoms. The van der Waals surface area contributed by atoms with E-state index in [0.29, 0.717) is 0 Å². The number of rotatable bonds is 5. The number of nitrogens with two attached hydrogens (primary N) is 1. The van der Waals surface area contributed by atoms with Crippen molar-refractivity contribution in [2.75, 3.05) is 13.7 Å². The predicted molar refractivity (Wildman–Crippen MR) is 59.8 cm³/mol. The normalized spacial score (nSPS) is 11.5. The van der Waals surface area contributed by atoms with Crippen molar-refractivity contribution in [2.24, 2.45) is 0 Å². The van der Waals surface area contributed by atoms with Crippen LogP contribution < -0.4 is 10.1 Å². The number of hydrogen-bond acceptors (Lipinski definition) is 2. The first-order valence-corrected chi connectivity index (χ1v) is 5.15. The zero-order valence-electron chi connectivity index (χ0n) is 9.66. The Kier molecular flexibility index (Phi) is 4.12. The topological polar surface area (TPSA) is 46.1 Å². The highest BCUT2D eigenvalue weighted by Crippen LogP contribution is 2.10. The van der Waals surface area contributed by atoms with E-state index < -0.39 is 0 Å². The van der Waals surface area contributed by atoms with Gasteiger partial charge in [-0.05, 0) is 38.1 Å². The van der Waals surface area contributed by atoms with Gasteiger partial charge in [0.2, 0.25) is 0 Å². The number of benzene rings is 1. The summed E-state index contributed by atoms with van der Waals surface area (Å²) in [4.78, 5) is 0. The maximum absolute atomic E-state index is 9.10. The molecule has 0 aromatic heterocycles. The Bertz CT molecular complexity index is 293. The van der Waals surface area contributed by atoms with Gasteiger partial charge in [-0.1, -0.05) is 0 Å². The number of hydrogen-bond donors (Lipinski definition) is 2. The third-order valence-electron chi connectivity index (χ3n) is 2.46. The highest BCUT2D eigenvalue weighted by atomic mass is 16.5. The molecule has 84 valence electrons. The Morgan fingerprint density at radius 3 is 2.33 bits per heavy atom. The number of aliphatic hydroxyl groups is 1. The van der Waals surface area contributed by atoms with Crippen LogP contribution in [0.4, 0.5) is 0 Å². The fourth-order valence-electron chi connectivity index (χ4n) is 1.22. The molecule has 3 nitrogen and oxygen atoms in total. The molecule has 0 amide bonds. The zero-order valence-corrected chi connectivity index (χ0v) is 9.66. The van der Waals surface area contributed by atoms with Crippen LogP contribution in [0, 0.1) is 0 Å². The van der Waals surface area contributed by atoms with Gasteiger partial charge >= 0.3 is 0 Å². The monoisotopic (exact) mass is 210 g/mol. The Hall–Kier alpha value is -1.06. The molecule has 3 heteroatoms. The molecule has 0 aliphatic carbocycles. The van der Waals surface area contributed by atoms with E-state index in [4.69, 9.17) is 9.84 Å². The lowest BCUT2D eigenvalue weighted by molar-refractivity contribution is -0.736. The van der Waals surface area contributed by atoms with Crippen LogP contribution in [0.1, 0.15) is 19.4 Å². The number of methoxy groups -OCH3 is 1. The third kappa shape index (κ3) is 3.90. The molecule has 3 N–H and O–H groups in total. The standard InChI is InChI=1S/C12H19NO2/c1-12(2,9-14)13-8-10-4-6-11(15-3)7-5-10/h4-7,13-14H,8-9H2,1-3H3/p+1. The summed E-state index contributed by atoms with van der Waals surface area (Å²) < 4.78 is 5.09. The van der Waals surface area contributed by atoms with E-state index in [1.54, 1.807) is 7.11 Å². The Morgan fingerprint density at radius 2 is 1.87 bits per heavy atom. The molecule has 15 heavy (non-hydrogen) atoms. The predicted octanol–water partition coefficient (Wildman–Crippen LogP) is 0.529. The molecule has 0 heterocycles. The number of aliphatic hydroxyl groups excluding tert-OH is 1. The van der Waals surface area contributed by atoms with E-state index in [1.807, 2.05) is 38.1 Å². The van der Waals surface area contributed by atoms with Crippen molar-refractivity contribution in [3.8, 4) is 5.75 Å². The van der Waals surface area contributed by atoms with Gasteiger partial charge in [-0.15, -0.1) is 0 Å². The van der Waals surface area contributed by atoms with Crippen LogP contribution in [0.15, 0.2) is 24.3 Å².